The summed E-state index contributed by atoms with van der Waals surface area (Å²) in [5.41, 5.74) is 18.5. The lowest BCUT2D eigenvalue weighted by atomic mass is 9.83. The molecule has 1 saturated heterocycles. The summed E-state index contributed by atoms with van der Waals surface area (Å²) >= 11 is 0. The van der Waals surface area contributed by atoms with E-state index in [9.17, 15) is 30.6 Å². The second-order valence-electron chi connectivity index (χ2n) is 10.0. The molecule has 6 unspecified atom stereocenters. The monoisotopic (exact) mass is 581 g/mol. The van der Waals surface area contributed by atoms with Gasteiger partial charge in [-0.2, -0.15) is 0 Å². The van der Waals surface area contributed by atoms with Crippen LogP contribution in [0.1, 0.15) is 19.0 Å². The molecular weight excluding hydrogens is 538 g/mol. The molecule has 0 bridgehead atoms. The lowest BCUT2D eigenvalue weighted by Gasteiger charge is -2.47. The predicted octanol–water partition coefficient (Wildman–Crippen LogP) is -6.70. The minimum Gasteiger partial charge on any atom is -0.394 e. The molecule has 14 atom stereocenters. The van der Waals surface area contributed by atoms with E-state index in [4.69, 9.17) is 41.3 Å². The van der Waals surface area contributed by atoms with Crippen molar-refractivity contribution in [3.8, 4) is 0 Å². The van der Waals surface area contributed by atoms with Gasteiger partial charge in [-0.15, -0.1) is 5.10 Å². The molecule has 0 aromatic carbocycles. The molecule has 40 heavy (non-hydrogen) atoms. The van der Waals surface area contributed by atoms with Crippen molar-refractivity contribution in [2.75, 3.05) is 19.8 Å². The molecule has 0 radical (unpaired) electrons. The zero-order chi connectivity index (χ0) is 29.6. The highest BCUT2D eigenvalue weighted by molar-refractivity contribution is 5.02. The Kier molecular flexibility index (Phi) is 12.5. The average molecular weight is 582 g/mol. The number of aliphatic hydroxyl groups excluding tert-OH is 7. The molecule has 1 aliphatic heterocycles. The standard InChI is InChI=1S/C22H43N7O11/c1-8(37-13(3-23)16(33)12(32)6-30)38-20-10(24)2-11(26-4-9-5-27-29-28-9)21(19(20)36)40-22-18(35)15(25)17(34)14(7-31)39-22/h5,8,10-22,26,30-36H,2-4,6-7,23-25H2,1H3,(H,27,28,29)/t8-,10?,11-,12?,13?,14-,15-,16+,17?,18-,19?,20-,21-,22?/m0/s1. The number of rotatable bonds is 14. The molecule has 2 fully saturated rings. The van der Waals surface area contributed by atoms with Crippen molar-refractivity contribution < 1.29 is 54.7 Å². The zero-order valence-electron chi connectivity index (χ0n) is 22.1. The van der Waals surface area contributed by atoms with Crippen LogP contribution in [0.15, 0.2) is 6.20 Å². The summed E-state index contributed by atoms with van der Waals surface area (Å²) in [6, 6.07) is -2.58. The molecule has 0 spiro atoms. The third kappa shape index (κ3) is 7.88. The Morgan fingerprint density at radius 3 is 2.48 bits per heavy atom. The fourth-order valence-corrected chi connectivity index (χ4v) is 4.86. The van der Waals surface area contributed by atoms with E-state index in [0.29, 0.717) is 5.69 Å². The van der Waals surface area contributed by atoms with Crippen LogP contribution in [0.4, 0.5) is 0 Å². The van der Waals surface area contributed by atoms with Crippen LogP contribution in [-0.4, -0.2) is 157 Å². The molecule has 232 valence electrons. The van der Waals surface area contributed by atoms with Crippen molar-refractivity contribution in [3.63, 3.8) is 0 Å². The first-order valence-corrected chi connectivity index (χ1v) is 13.1. The average Bonchev–Trinajstić information content (AvgIpc) is 3.47. The first-order valence-electron chi connectivity index (χ1n) is 13.1. The van der Waals surface area contributed by atoms with Crippen LogP contribution >= 0.6 is 0 Å². The predicted molar refractivity (Wildman–Crippen MR) is 134 cm³/mol. The first kappa shape index (κ1) is 33.0. The Bertz CT molecular complexity index is 859. The van der Waals surface area contributed by atoms with Crippen molar-refractivity contribution in [1.29, 1.82) is 0 Å². The lowest BCUT2D eigenvalue weighted by molar-refractivity contribution is -0.312. The summed E-state index contributed by atoms with van der Waals surface area (Å²) in [6.45, 7) is 0.190. The summed E-state index contributed by atoms with van der Waals surface area (Å²) in [7, 11) is 0. The van der Waals surface area contributed by atoms with Crippen molar-refractivity contribution in [2.45, 2.75) is 106 Å². The smallest absolute Gasteiger partial charge is 0.186 e. The molecule has 1 aromatic heterocycles. The van der Waals surface area contributed by atoms with Crippen LogP contribution in [-0.2, 0) is 25.5 Å². The molecule has 18 nitrogen and oxygen atoms in total. The van der Waals surface area contributed by atoms with Gasteiger partial charge in [-0.3, -0.25) is 5.10 Å². The van der Waals surface area contributed by atoms with Crippen molar-refractivity contribution in [2.24, 2.45) is 17.2 Å². The van der Waals surface area contributed by atoms with E-state index in [2.05, 4.69) is 20.7 Å². The Labute approximate surface area is 230 Å². The van der Waals surface area contributed by atoms with Crippen LogP contribution in [0, 0.1) is 0 Å². The third-order valence-corrected chi connectivity index (χ3v) is 7.17. The molecule has 18 heteroatoms. The maximum Gasteiger partial charge on any atom is 0.186 e. The molecule has 2 heterocycles. The van der Waals surface area contributed by atoms with Gasteiger partial charge >= 0.3 is 0 Å². The van der Waals surface area contributed by atoms with Crippen LogP contribution in [0.25, 0.3) is 0 Å². The number of nitrogens with zero attached hydrogens (tertiary/aromatic N) is 2. The Morgan fingerprint density at radius 2 is 1.88 bits per heavy atom. The van der Waals surface area contributed by atoms with Crippen LogP contribution in [0.3, 0.4) is 0 Å². The van der Waals surface area contributed by atoms with Crippen molar-refractivity contribution in [1.82, 2.24) is 20.7 Å². The van der Waals surface area contributed by atoms with Gasteiger partial charge in [0, 0.05) is 31.4 Å². The molecular formula is C22H43N7O11. The molecule has 1 aromatic rings. The first-order chi connectivity index (χ1) is 19.0. The minimum absolute atomic E-state index is 0.198. The van der Waals surface area contributed by atoms with E-state index in [1.54, 1.807) is 6.20 Å². The fraction of sp³-hybridized carbons (Fsp3) is 0.909. The normalized spacial score (nSPS) is 38.1. The van der Waals surface area contributed by atoms with Crippen LogP contribution < -0.4 is 22.5 Å². The molecule has 0 amide bonds. The van der Waals surface area contributed by atoms with E-state index in [0.717, 1.165) is 0 Å². The van der Waals surface area contributed by atoms with Crippen molar-refractivity contribution >= 4 is 0 Å². The van der Waals surface area contributed by atoms with E-state index in [-0.39, 0.29) is 19.5 Å². The Balaban J connectivity index is 1.76. The van der Waals surface area contributed by atoms with Gasteiger partial charge < -0.3 is 77.2 Å². The summed E-state index contributed by atoms with van der Waals surface area (Å²) in [5, 5.41) is 84.1. The summed E-state index contributed by atoms with van der Waals surface area (Å²) in [4.78, 5) is 0. The number of ether oxygens (including phenoxy) is 4. The minimum atomic E-state index is -1.50. The summed E-state index contributed by atoms with van der Waals surface area (Å²) < 4.78 is 23.1. The van der Waals surface area contributed by atoms with Gasteiger partial charge in [-0.05, 0) is 13.3 Å². The van der Waals surface area contributed by atoms with Gasteiger partial charge in [0.1, 0.15) is 54.9 Å². The number of H-pyrrole nitrogens is 1. The lowest BCUT2D eigenvalue weighted by Crippen LogP contribution is -2.68. The number of hydrogen-bond donors (Lipinski definition) is 12. The van der Waals surface area contributed by atoms with Crippen LogP contribution in [0.2, 0.25) is 0 Å². The number of aliphatic hydroxyl groups is 7. The molecule has 3 rings (SSSR count). The number of nitrogens with two attached hydrogens (primary N) is 3. The second kappa shape index (κ2) is 15.1. The molecule has 15 N–H and O–H groups in total. The second-order valence-corrected chi connectivity index (χ2v) is 10.0. The SMILES string of the molecule is C[C@@H](OC(CN)[C@H](O)C(O)CO)O[C@H]1C(N)C[C@H](NCc2c[nH]nn2)[C@H](OC2O[C@@H](CO)C(O)[C@H](N)[C@@H]2O)C1O. The van der Waals surface area contributed by atoms with Crippen molar-refractivity contribution in [3.05, 3.63) is 11.9 Å². The van der Waals surface area contributed by atoms with Gasteiger partial charge in [0.15, 0.2) is 12.6 Å². The third-order valence-electron chi connectivity index (χ3n) is 7.17. The maximum atomic E-state index is 11.4. The maximum absolute atomic E-state index is 11.4. The number of aromatic amines is 1. The highest BCUT2D eigenvalue weighted by atomic mass is 16.7. The molecule has 1 aliphatic carbocycles. The quantitative estimate of drug-likeness (QED) is 0.0908. The van der Waals surface area contributed by atoms with Gasteiger partial charge in [0.05, 0.1) is 24.9 Å². The van der Waals surface area contributed by atoms with Gasteiger partial charge in [-0.25, -0.2) is 0 Å². The van der Waals surface area contributed by atoms with E-state index in [1.807, 2.05) is 0 Å². The largest absolute Gasteiger partial charge is 0.394 e. The summed E-state index contributed by atoms with van der Waals surface area (Å²) in [5.74, 6) is 0. The fourth-order valence-electron chi connectivity index (χ4n) is 4.86. The van der Waals surface area contributed by atoms with E-state index >= 15 is 0 Å². The molecule has 1 saturated carbocycles. The number of aromatic nitrogens is 3. The van der Waals surface area contributed by atoms with Gasteiger partial charge in [0.2, 0.25) is 0 Å². The topological polar surface area (TPSA) is 310 Å². The van der Waals surface area contributed by atoms with Gasteiger partial charge in [0.25, 0.3) is 0 Å². The highest BCUT2D eigenvalue weighted by Crippen LogP contribution is 2.30. The van der Waals surface area contributed by atoms with Crippen LogP contribution in [0.5, 0.6) is 0 Å². The highest BCUT2D eigenvalue weighted by Gasteiger charge is 2.50. The molecule has 2 aliphatic rings. The van der Waals surface area contributed by atoms with E-state index < -0.39 is 98.9 Å². The Morgan fingerprint density at radius 1 is 1.15 bits per heavy atom. The summed E-state index contributed by atoms with van der Waals surface area (Å²) in [6.07, 6.45) is -12.5. The van der Waals surface area contributed by atoms with Gasteiger partial charge in [-0.1, -0.05) is 5.21 Å². The number of nitrogens with one attached hydrogen (secondary N) is 2. The van der Waals surface area contributed by atoms with E-state index in [1.165, 1.54) is 6.92 Å². The number of hydrogen-bond acceptors (Lipinski definition) is 17. The zero-order valence-corrected chi connectivity index (χ0v) is 22.1. The Hall–Kier alpha value is -1.46.